The largest absolute Gasteiger partial charge is 0.477 e. The number of halogens is 1. The normalized spacial score (nSPS) is 13.6. The van der Waals surface area contributed by atoms with E-state index in [0.29, 0.717) is 10.8 Å². The summed E-state index contributed by atoms with van der Waals surface area (Å²) < 4.78 is 5.58. The van der Waals surface area contributed by atoms with Crippen LogP contribution in [0.2, 0.25) is 5.02 Å². The summed E-state index contributed by atoms with van der Waals surface area (Å²) in [4.78, 5) is 19.7. The lowest BCUT2D eigenvalue weighted by atomic mass is 9.95. The monoisotopic (exact) mass is 304 g/mol. The minimum Gasteiger partial charge on any atom is -0.477 e. The standard InChI is InChI=1S/C15H13ClN2O3/c16-10-6-11(8-17-7-10)21-14-12(15(19)20)5-9-3-1-2-4-13(9)18-14/h5-8H,1-4H2,(H,19,20). The zero-order valence-electron chi connectivity index (χ0n) is 11.2. The van der Waals surface area contributed by atoms with Gasteiger partial charge in [0.15, 0.2) is 0 Å². The zero-order chi connectivity index (χ0) is 14.8. The first-order valence-electron chi connectivity index (χ1n) is 6.68. The van der Waals surface area contributed by atoms with Crippen molar-refractivity contribution in [3.63, 3.8) is 0 Å². The molecular weight excluding hydrogens is 292 g/mol. The topological polar surface area (TPSA) is 72.3 Å². The molecule has 0 fully saturated rings. The molecule has 3 rings (SSSR count). The molecule has 108 valence electrons. The van der Waals surface area contributed by atoms with Crippen LogP contribution in [0.25, 0.3) is 0 Å². The maximum Gasteiger partial charge on any atom is 0.341 e. The van der Waals surface area contributed by atoms with Gasteiger partial charge in [-0.3, -0.25) is 4.98 Å². The average Bonchev–Trinajstić information content (AvgIpc) is 2.46. The quantitative estimate of drug-likeness (QED) is 0.939. The van der Waals surface area contributed by atoms with Crippen molar-refractivity contribution in [3.8, 4) is 11.6 Å². The summed E-state index contributed by atoms with van der Waals surface area (Å²) in [5.74, 6) is -0.596. The van der Waals surface area contributed by atoms with Crippen LogP contribution in [0.3, 0.4) is 0 Å². The molecule has 5 nitrogen and oxygen atoms in total. The highest BCUT2D eigenvalue weighted by Crippen LogP contribution is 2.29. The molecule has 0 amide bonds. The molecule has 21 heavy (non-hydrogen) atoms. The third-order valence-corrected chi connectivity index (χ3v) is 3.60. The molecular formula is C15H13ClN2O3. The first-order chi connectivity index (χ1) is 10.1. The van der Waals surface area contributed by atoms with Crippen molar-refractivity contribution in [2.45, 2.75) is 25.7 Å². The molecule has 2 heterocycles. The van der Waals surface area contributed by atoms with Gasteiger partial charge in [-0.25, -0.2) is 9.78 Å². The van der Waals surface area contributed by atoms with E-state index < -0.39 is 5.97 Å². The van der Waals surface area contributed by atoms with E-state index in [1.54, 1.807) is 12.1 Å². The smallest absolute Gasteiger partial charge is 0.341 e. The van der Waals surface area contributed by atoms with Gasteiger partial charge < -0.3 is 9.84 Å². The highest BCUT2D eigenvalue weighted by atomic mass is 35.5. The lowest BCUT2D eigenvalue weighted by Crippen LogP contribution is -2.11. The van der Waals surface area contributed by atoms with Crippen molar-refractivity contribution in [2.24, 2.45) is 0 Å². The van der Waals surface area contributed by atoms with E-state index in [-0.39, 0.29) is 11.4 Å². The Bertz CT molecular complexity index is 703. The third kappa shape index (κ3) is 2.97. The number of aromatic carboxylic acids is 1. The summed E-state index contributed by atoms with van der Waals surface area (Å²) in [6.45, 7) is 0. The fraction of sp³-hybridized carbons (Fsp3) is 0.267. The summed E-state index contributed by atoms with van der Waals surface area (Å²) in [7, 11) is 0. The number of aromatic nitrogens is 2. The molecule has 0 bridgehead atoms. The lowest BCUT2D eigenvalue weighted by molar-refractivity contribution is 0.0693. The predicted molar refractivity (Wildman–Crippen MR) is 77.2 cm³/mol. The van der Waals surface area contributed by atoms with E-state index in [0.717, 1.165) is 36.9 Å². The van der Waals surface area contributed by atoms with E-state index in [2.05, 4.69) is 9.97 Å². The Morgan fingerprint density at radius 1 is 1.24 bits per heavy atom. The number of ether oxygens (including phenoxy) is 1. The molecule has 2 aromatic heterocycles. The fourth-order valence-corrected chi connectivity index (χ4v) is 2.57. The van der Waals surface area contributed by atoms with Crippen LogP contribution >= 0.6 is 11.6 Å². The number of pyridine rings is 2. The molecule has 2 aromatic rings. The number of fused-ring (bicyclic) bond motifs is 1. The van der Waals surface area contributed by atoms with E-state index in [9.17, 15) is 9.90 Å². The molecule has 0 aliphatic heterocycles. The van der Waals surface area contributed by atoms with Crippen LogP contribution in [0.15, 0.2) is 24.5 Å². The van der Waals surface area contributed by atoms with Crippen LogP contribution in [0, 0.1) is 0 Å². The van der Waals surface area contributed by atoms with Crippen molar-refractivity contribution >= 4 is 17.6 Å². The Labute approximate surface area is 126 Å². The van der Waals surface area contributed by atoms with Gasteiger partial charge in [-0.15, -0.1) is 0 Å². The van der Waals surface area contributed by atoms with Gasteiger partial charge in [-0.1, -0.05) is 11.6 Å². The highest BCUT2D eigenvalue weighted by Gasteiger charge is 2.20. The van der Waals surface area contributed by atoms with Crippen molar-refractivity contribution in [1.29, 1.82) is 0 Å². The Morgan fingerprint density at radius 2 is 2.05 bits per heavy atom. The molecule has 0 radical (unpaired) electrons. The molecule has 0 spiro atoms. The summed E-state index contributed by atoms with van der Waals surface area (Å²) in [5.41, 5.74) is 1.97. The number of hydrogen-bond acceptors (Lipinski definition) is 4. The van der Waals surface area contributed by atoms with Crippen LogP contribution in [0.5, 0.6) is 11.6 Å². The molecule has 1 aliphatic rings. The SMILES string of the molecule is O=C(O)c1cc2c(nc1Oc1cncc(Cl)c1)CCCC2. The Balaban J connectivity index is 2.01. The van der Waals surface area contributed by atoms with Crippen LogP contribution < -0.4 is 4.74 Å². The summed E-state index contributed by atoms with van der Waals surface area (Å²) >= 11 is 5.85. The second-order valence-corrected chi connectivity index (χ2v) is 5.34. The number of hydrogen-bond donors (Lipinski definition) is 1. The lowest BCUT2D eigenvalue weighted by Gasteiger charge is -2.17. The van der Waals surface area contributed by atoms with E-state index in [4.69, 9.17) is 16.3 Å². The minimum absolute atomic E-state index is 0.0654. The average molecular weight is 305 g/mol. The second kappa shape index (κ2) is 5.69. The Morgan fingerprint density at radius 3 is 2.81 bits per heavy atom. The van der Waals surface area contributed by atoms with Gasteiger partial charge in [-0.05, 0) is 37.3 Å². The van der Waals surface area contributed by atoms with E-state index in [1.165, 1.54) is 12.4 Å². The third-order valence-electron chi connectivity index (χ3n) is 3.39. The number of aryl methyl sites for hydroxylation is 2. The van der Waals surface area contributed by atoms with E-state index in [1.807, 2.05) is 0 Å². The number of carboxylic acids is 1. The summed E-state index contributed by atoms with van der Waals surface area (Å²) in [6, 6.07) is 3.23. The molecule has 1 aliphatic carbocycles. The van der Waals surface area contributed by atoms with Crippen molar-refractivity contribution in [1.82, 2.24) is 9.97 Å². The van der Waals surface area contributed by atoms with Crippen molar-refractivity contribution in [2.75, 3.05) is 0 Å². The Hall–Kier alpha value is -2.14. The summed E-state index contributed by atoms with van der Waals surface area (Å²) in [6.07, 6.45) is 6.78. The second-order valence-electron chi connectivity index (χ2n) is 4.90. The maximum atomic E-state index is 11.4. The van der Waals surface area contributed by atoms with Crippen LogP contribution in [0.1, 0.15) is 34.5 Å². The molecule has 0 atom stereocenters. The van der Waals surface area contributed by atoms with Gasteiger partial charge in [0.2, 0.25) is 5.88 Å². The van der Waals surface area contributed by atoms with Gasteiger partial charge in [0, 0.05) is 18.0 Å². The first-order valence-corrected chi connectivity index (χ1v) is 7.06. The fourth-order valence-electron chi connectivity index (χ4n) is 2.41. The van der Waals surface area contributed by atoms with Gasteiger partial charge in [-0.2, -0.15) is 0 Å². The van der Waals surface area contributed by atoms with Crippen molar-refractivity contribution in [3.05, 3.63) is 46.4 Å². The molecule has 1 N–H and O–H groups in total. The maximum absolute atomic E-state index is 11.4. The summed E-state index contributed by atoms with van der Waals surface area (Å²) in [5, 5.41) is 9.76. The molecule has 0 saturated carbocycles. The van der Waals surface area contributed by atoms with Crippen LogP contribution in [-0.4, -0.2) is 21.0 Å². The highest BCUT2D eigenvalue weighted by molar-refractivity contribution is 6.30. The number of carbonyl (C=O) groups is 1. The van der Waals surface area contributed by atoms with Crippen LogP contribution in [0.4, 0.5) is 0 Å². The molecule has 0 unspecified atom stereocenters. The number of rotatable bonds is 3. The van der Waals surface area contributed by atoms with Crippen molar-refractivity contribution < 1.29 is 14.6 Å². The van der Waals surface area contributed by atoms with E-state index >= 15 is 0 Å². The predicted octanol–water partition coefficient (Wildman–Crippen LogP) is 3.50. The Kier molecular flexibility index (Phi) is 3.75. The molecule has 0 saturated heterocycles. The first kappa shape index (κ1) is 13.8. The number of nitrogens with zero attached hydrogens (tertiary/aromatic N) is 2. The van der Waals surface area contributed by atoms with Gasteiger partial charge in [0.05, 0.1) is 11.2 Å². The number of carboxylic acid groups (broad SMARTS) is 1. The van der Waals surface area contributed by atoms with Gasteiger partial charge >= 0.3 is 5.97 Å². The zero-order valence-corrected chi connectivity index (χ0v) is 11.9. The molecule has 6 heteroatoms. The van der Waals surface area contributed by atoms with Gasteiger partial charge in [0.25, 0.3) is 0 Å². The molecule has 0 aromatic carbocycles. The minimum atomic E-state index is -1.05. The van der Waals surface area contributed by atoms with Crippen LogP contribution in [-0.2, 0) is 12.8 Å². The van der Waals surface area contributed by atoms with Gasteiger partial charge in [0.1, 0.15) is 11.3 Å².